The zero-order valence-electron chi connectivity index (χ0n) is 8.10. The van der Waals surface area contributed by atoms with Gasteiger partial charge < -0.3 is 4.57 Å². The zero-order chi connectivity index (χ0) is 9.97. The van der Waals surface area contributed by atoms with E-state index in [-0.39, 0.29) is 5.66 Å². The van der Waals surface area contributed by atoms with Gasteiger partial charge >= 0.3 is 0 Å². The lowest BCUT2D eigenvalue weighted by atomic mass is 10.0. The monoisotopic (exact) mass is 204 g/mol. The predicted molar refractivity (Wildman–Crippen MR) is 62.3 cm³/mol. The van der Waals surface area contributed by atoms with E-state index in [1.165, 1.54) is 11.1 Å². The van der Waals surface area contributed by atoms with Crippen molar-refractivity contribution in [3.63, 3.8) is 0 Å². The fourth-order valence-electron chi connectivity index (χ4n) is 1.74. The van der Waals surface area contributed by atoms with E-state index >= 15 is 0 Å². The van der Waals surface area contributed by atoms with Gasteiger partial charge in [-0.05, 0) is 17.8 Å². The summed E-state index contributed by atoms with van der Waals surface area (Å²) in [5, 5.41) is 0. The van der Waals surface area contributed by atoms with Crippen molar-refractivity contribution in [2.45, 2.75) is 5.66 Å². The first kappa shape index (κ1) is 9.48. The Bertz CT molecular complexity index is 394. The van der Waals surface area contributed by atoms with Crippen LogP contribution in [0.5, 0.6) is 0 Å². The van der Waals surface area contributed by atoms with Crippen molar-refractivity contribution in [3.8, 4) is 0 Å². The fourth-order valence-corrected chi connectivity index (χ4v) is 2.82. The average molecular weight is 204 g/mol. The molecule has 2 aliphatic rings. The molecule has 0 aromatic carbocycles. The summed E-state index contributed by atoms with van der Waals surface area (Å²) in [6.07, 6.45) is 16.2. The van der Waals surface area contributed by atoms with E-state index in [1.54, 1.807) is 0 Å². The van der Waals surface area contributed by atoms with Gasteiger partial charge in [0.15, 0.2) is 0 Å². The molecule has 0 radical (unpaired) electrons. The number of hydrogen-bond acceptors (Lipinski definition) is 1. The van der Waals surface area contributed by atoms with Crippen molar-refractivity contribution >= 4 is 7.80 Å². The highest BCUT2D eigenvalue weighted by Crippen LogP contribution is 2.35. The molecule has 0 spiro atoms. The molecular formula is C12H13OP. The minimum atomic E-state index is -1.53. The van der Waals surface area contributed by atoms with Gasteiger partial charge in [-0.3, -0.25) is 0 Å². The van der Waals surface area contributed by atoms with Gasteiger partial charge in [-0.15, -0.1) is 0 Å². The van der Waals surface area contributed by atoms with E-state index in [1.807, 2.05) is 37.0 Å². The number of hydrogen-bond donors (Lipinski definition) is 0. The van der Waals surface area contributed by atoms with E-state index in [0.717, 1.165) is 0 Å². The molecular weight excluding hydrogens is 191 g/mol. The molecule has 0 saturated heterocycles. The van der Waals surface area contributed by atoms with Crippen molar-refractivity contribution in [2.24, 2.45) is 0 Å². The summed E-state index contributed by atoms with van der Waals surface area (Å²) in [4.78, 5) is 0. The van der Waals surface area contributed by atoms with Crippen LogP contribution >= 0.6 is 7.80 Å². The van der Waals surface area contributed by atoms with Crippen LogP contribution in [0.15, 0.2) is 59.8 Å². The van der Waals surface area contributed by atoms with Crippen LogP contribution in [-0.4, -0.2) is 12.3 Å². The minimum absolute atomic E-state index is 0.118. The number of allylic oxidation sites excluding steroid dienone is 10. The minimum Gasteiger partial charge on any atom is -0.326 e. The van der Waals surface area contributed by atoms with E-state index in [9.17, 15) is 4.57 Å². The molecule has 2 unspecified atom stereocenters. The molecule has 72 valence electrons. The van der Waals surface area contributed by atoms with Gasteiger partial charge in [0.05, 0.1) is 13.5 Å². The Kier molecular flexibility index (Phi) is 2.69. The normalized spacial score (nSPS) is 26.2. The predicted octanol–water partition coefficient (Wildman–Crippen LogP) is 3.09. The molecule has 2 rings (SSSR count). The summed E-state index contributed by atoms with van der Waals surface area (Å²) < 4.78 is 11.6. The first-order valence-corrected chi connectivity index (χ1v) is 6.72. The van der Waals surface area contributed by atoms with Crippen LogP contribution in [0.2, 0.25) is 0 Å². The highest BCUT2D eigenvalue weighted by atomic mass is 31.1. The zero-order valence-corrected chi connectivity index (χ0v) is 9.10. The molecule has 1 nitrogen and oxygen atoms in total. The van der Waals surface area contributed by atoms with Crippen LogP contribution < -0.4 is 0 Å². The fraction of sp³-hybridized carbons (Fsp3) is 0.167. The highest BCUT2D eigenvalue weighted by Gasteiger charge is 2.17. The SMILES string of the molecule is C[PH](=O)C1C=CC=CC1=C1C=CC=C1. The lowest BCUT2D eigenvalue weighted by molar-refractivity contribution is 0.589. The highest BCUT2D eigenvalue weighted by molar-refractivity contribution is 7.45. The van der Waals surface area contributed by atoms with Gasteiger partial charge in [-0.25, -0.2) is 0 Å². The molecule has 2 atom stereocenters. The largest absolute Gasteiger partial charge is 0.326 e. The molecule has 0 aromatic heterocycles. The van der Waals surface area contributed by atoms with E-state index in [0.29, 0.717) is 0 Å². The molecule has 14 heavy (non-hydrogen) atoms. The van der Waals surface area contributed by atoms with Gasteiger partial charge in [-0.1, -0.05) is 48.6 Å². The lowest BCUT2D eigenvalue weighted by Gasteiger charge is -2.16. The van der Waals surface area contributed by atoms with Gasteiger partial charge in [0.1, 0.15) is 0 Å². The molecule has 0 aromatic rings. The Morgan fingerprint density at radius 1 is 1.07 bits per heavy atom. The van der Waals surface area contributed by atoms with Crippen LogP contribution in [0.25, 0.3) is 0 Å². The molecule has 2 aliphatic carbocycles. The molecule has 0 bridgehead atoms. The summed E-state index contributed by atoms with van der Waals surface area (Å²) >= 11 is 0. The topological polar surface area (TPSA) is 17.1 Å². The second-order valence-electron chi connectivity index (χ2n) is 3.46. The molecule has 0 aliphatic heterocycles. The van der Waals surface area contributed by atoms with Crippen LogP contribution in [0.3, 0.4) is 0 Å². The van der Waals surface area contributed by atoms with Crippen molar-refractivity contribution in [1.29, 1.82) is 0 Å². The summed E-state index contributed by atoms with van der Waals surface area (Å²) in [6, 6.07) is 0. The standard InChI is InChI=1S/C12H13OP/c1-14(13)12-9-5-4-8-11(12)10-6-2-3-7-10/h2-9,12,14H,1H3. The molecule has 0 N–H and O–H groups in total. The first-order chi connectivity index (χ1) is 6.79. The lowest BCUT2D eigenvalue weighted by Crippen LogP contribution is -2.05. The number of rotatable bonds is 1. The smallest absolute Gasteiger partial charge is 0.0840 e. The van der Waals surface area contributed by atoms with Crippen molar-refractivity contribution in [3.05, 3.63) is 59.8 Å². The van der Waals surface area contributed by atoms with Crippen molar-refractivity contribution in [2.75, 3.05) is 6.66 Å². The van der Waals surface area contributed by atoms with E-state index in [2.05, 4.69) is 18.2 Å². The van der Waals surface area contributed by atoms with Crippen LogP contribution in [0, 0.1) is 0 Å². The maximum absolute atomic E-state index is 11.6. The van der Waals surface area contributed by atoms with Crippen LogP contribution in [0.1, 0.15) is 0 Å². The molecule has 0 amide bonds. The molecule has 0 saturated carbocycles. The Hall–Kier alpha value is -1.07. The first-order valence-electron chi connectivity index (χ1n) is 4.73. The van der Waals surface area contributed by atoms with Crippen molar-refractivity contribution in [1.82, 2.24) is 0 Å². The van der Waals surface area contributed by atoms with Crippen LogP contribution in [-0.2, 0) is 4.57 Å². The Morgan fingerprint density at radius 2 is 1.71 bits per heavy atom. The summed E-state index contributed by atoms with van der Waals surface area (Å²) in [5.41, 5.74) is 2.49. The third-order valence-corrected chi connectivity index (χ3v) is 3.84. The molecule has 0 fully saturated rings. The second kappa shape index (κ2) is 3.98. The summed E-state index contributed by atoms with van der Waals surface area (Å²) in [5.74, 6) is 0. The second-order valence-corrected chi connectivity index (χ2v) is 5.30. The van der Waals surface area contributed by atoms with Gasteiger partial charge in [-0.2, -0.15) is 0 Å². The van der Waals surface area contributed by atoms with Gasteiger partial charge in [0.2, 0.25) is 0 Å². The maximum Gasteiger partial charge on any atom is 0.0840 e. The van der Waals surface area contributed by atoms with Gasteiger partial charge in [0.25, 0.3) is 0 Å². The Morgan fingerprint density at radius 3 is 2.36 bits per heavy atom. The van der Waals surface area contributed by atoms with Crippen molar-refractivity contribution < 1.29 is 4.57 Å². The summed E-state index contributed by atoms with van der Waals surface area (Å²) in [7, 11) is -1.53. The van der Waals surface area contributed by atoms with E-state index in [4.69, 9.17) is 0 Å². The van der Waals surface area contributed by atoms with E-state index < -0.39 is 7.80 Å². The third kappa shape index (κ3) is 1.73. The Balaban J connectivity index is 2.43. The maximum atomic E-state index is 11.6. The summed E-state index contributed by atoms with van der Waals surface area (Å²) in [6.45, 7) is 1.82. The average Bonchev–Trinajstić information content (AvgIpc) is 2.70. The van der Waals surface area contributed by atoms with Crippen LogP contribution in [0.4, 0.5) is 0 Å². The Labute approximate surface area is 85.0 Å². The van der Waals surface area contributed by atoms with Gasteiger partial charge in [0, 0.05) is 0 Å². The quantitative estimate of drug-likeness (QED) is 0.600. The molecule has 2 heteroatoms. The molecule has 0 heterocycles. The third-order valence-electron chi connectivity index (χ3n) is 2.46.